The standard InChI is InChI=1S/C13H16O2/c1-9-3-4-10(2)11(7-9)8-13(5-6-13)12(14)15/h3-4,7H,5-6,8H2,1-2H3,(H,14,15). The number of carboxylic acid groups (broad SMARTS) is 1. The third-order valence-corrected chi connectivity index (χ3v) is 3.34. The molecule has 0 bridgehead atoms. The molecule has 1 aliphatic carbocycles. The summed E-state index contributed by atoms with van der Waals surface area (Å²) < 4.78 is 0. The summed E-state index contributed by atoms with van der Waals surface area (Å²) in [4.78, 5) is 11.1. The number of hydrogen-bond donors (Lipinski definition) is 1. The number of benzene rings is 1. The van der Waals surface area contributed by atoms with Gasteiger partial charge >= 0.3 is 5.97 Å². The number of aliphatic carboxylic acids is 1. The maximum absolute atomic E-state index is 11.1. The van der Waals surface area contributed by atoms with Crippen LogP contribution in [0.4, 0.5) is 0 Å². The van der Waals surface area contributed by atoms with Crippen LogP contribution in [0.5, 0.6) is 0 Å². The Balaban J connectivity index is 2.24. The molecular weight excluding hydrogens is 188 g/mol. The number of rotatable bonds is 3. The Morgan fingerprint density at radius 2 is 2.07 bits per heavy atom. The van der Waals surface area contributed by atoms with Crippen molar-refractivity contribution < 1.29 is 9.90 Å². The number of carboxylic acids is 1. The molecule has 1 aromatic rings. The number of hydrogen-bond acceptors (Lipinski definition) is 1. The van der Waals surface area contributed by atoms with E-state index >= 15 is 0 Å². The minimum atomic E-state index is -0.636. The van der Waals surface area contributed by atoms with Crippen molar-refractivity contribution in [3.05, 3.63) is 34.9 Å². The molecule has 0 heterocycles. The molecule has 1 aromatic carbocycles. The zero-order chi connectivity index (χ0) is 11.1. The SMILES string of the molecule is Cc1ccc(C)c(CC2(C(=O)O)CC2)c1. The van der Waals surface area contributed by atoms with Crippen LogP contribution in [0, 0.1) is 19.3 Å². The molecule has 2 rings (SSSR count). The van der Waals surface area contributed by atoms with Gasteiger partial charge in [0.25, 0.3) is 0 Å². The Bertz CT molecular complexity index is 403. The average Bonchev–Trinajstić information content (AvgIpc) is 2.92. The fourth-order valence-electron chi connectivity index (χ4n) is 1.97. The van der Waals surface area contributed by atoms with Crippen molar-refractivity contribution >= 4 is 5.97 Å². The molecule has 80 valence electrons. The number of aryl methyl sites for hydroxylation is 2. The zero-order valence-corrected chi connectivity index (χ0v) is 9.21. The summed E-state index contributed by atoms with van der Waals surface area (Å²) in [5, 5.41) is 9.13. The van der Waals surface area contributed by atoms with Crippen LogP contribution in [0.3, 0.4) is 0 Å². The lowest BCUT2D eigenvalue weighted by Gasteiger charge is -2.12. The molecule has 0 saturated heterocycles. The molecule has 1 fully saturated rings. The first-order valence-electron chi connectivity index (χ1n) is 5.33. The molecule has 0 aromatic heterocycles. The van der Waals surface area contributed by atoms with Crippen molar-refractivity contribution in [1.82, 2.24) is 0 Å². The molecule has 1 saturated carbocycles. The Morgan fingerprint density at radius 1 is 1.40 bits per heavy atom. The van der Waals surface area contributed by atoms with Crippen molar-refractivity contribution in [2.24, 2.45) is 5.41 Å². The second-order valence-electron chi connectivity index (χ2n) is 4.69. The monoisotopic (exact) mass is 204 g/mol. The van der Waals surface area contributed by atoms with Crippen LogP contribution in [0.2, 0.25) is 0 Å². The maximum atomic E-state index is 11.1. The van der Waals surface area contributed by atoms with E-state index in [0.29, 0.717) is 6.42 Å². The second-order valence-corrected chi connectivity index (χ2v) is 4.69. The Labute approximate surface area is 89.9 Å². The van der Waals surface area contributed by atoms with Crippen molar-refractivity contribution in [3.8, 4) is 0 Å². The third kappa shape index (κ3) is 1.89. The lowest BCUT2D eigenvalue weighted by Crippen LogP contribution is -2.18. The van der Waals surface area contributed by atoms with Gasteiger partial charge in [-0.3, -0.25) is 4.79 Å². The first-order valence-corrected chi connectivity index (χ1v) is 5.33. The van der Waals surface area contributed by atoms with Gasteiger partial charge in [-0.25, -0.2) is 0 Å². The van der Waals surface area contributed by atoms with Crippen molar-refractivity contribution in [2.75, 3.05) is 0 Å². The molecule has 2 nitrogen and oxygen atoms in total. The summed E-state index contributed by atoms with van der Waals surface area (Å²) in [6, 6.07) is 6.25. The molecule has 0 radical (unpaired) electrons. The predicted molar refractivity (Wildman–Crippen MR) is 58.9 cm³/mol. The van der Waals surface area contributed by atoms with Crippen molar-refractivity contribution in [1.29, 1.82) is 0 Å². The fraction of sp³-hybridized carbons (Fsp3) is 0.462. The summed E-state index contributed by atoms with van der Waals surface area (Å²) >= 11 is 0. The van der Waals surface area contributed by atoms with Crippen molar-refractivity contribution in [2.45, 2.75) is 33.1 Å². The summed E-state index contributed by atoms with van der Waals surface area (Å²) in [7, 11) is 0. The van der Waals surface area contributed by atoms with Crippen LogP contribution in [-0.4, -0.2) is 11.1 Å². The summed E-state index contributed by atoms with van der Waals surface area (Å²) in [5.74, 6) is -0.636. The van der Waals surface area contributed by atoms with Crippen LogP contribution in [0.25, 0.3) is 0 Å². The molecule has 1 N–H and O–H groups in total. The predicted octanol–water partition coefficient (Wildman–Crippen LogP) is 2.71. The summed E-state index contributed by atoms with van der Waals surface area (Å²) in [6.07, 6.45) is 2.35. The Hall–Kier alpha value is -1.31. The van der Waals surface area contributed by atoms with Crippen molar-refractivity contribution in [3.63, 3.8) is 0 Å². The van der Waals surface area contributed by atoms with E-state index in [1.165, 1.54) is 16.7 Å². The molecule has 0 unspecified atom stereocenters. The Kier molecular flexibility index (Phi) is 2.29. The van der Waals surface area contributed by atoms with E-state index in [1.54, 1.807) is 0 Å². The lowest BCUT2D eigenvalue weighted by atomic mass is 9.93. The van der Waals surface area contributed by atoms with Gasteiger partial charge in [-0.15, -0.1) is 0 Å². The van der Waals surface area contributed by atoms with Crippen LogP contribution < -0.4 is 0 Å². The number of carbonyl (C=O) groups is 1. The molecule has 0 spiro atoms. The zero-order valence-electron chi connectivity index (χ0n) is 9.21. The second kappa shape index (κ2) is 3.37. The van der Waals surface area contributed by atoms with Crippen LogP contribution >= 0.6 is 0 Å². The highest BCUT2D eigenvalue weighted by atomic mass is 16.4. The normalized spacial score (nSPS) is 17.5. The van der Waals surface area contributed by atoms with Gasteiger partial charge in [0, 0.05) is 0 Å². The lowest BCUT2D eigenvalue weighted by molar-refractivity contribution is -0.143. The largest absolute Gasteiger partial charge is 0.481 e. The first-order chi connectivity index (χ1) is 7.03. The highest BCUT2D eigenvalue weighted by Crippen LogP contribution is 2.48. The molecular formula is C13H16O2. The van der Waals surface area contributed by atoms with Gasteiger partial charge in [0.15, 0.2) is 0 Å². The summed E-state index contributed by atoms with van der Waals surface area (Å²) in [6.45, 7) is 4.09. The fourth-order valence-corrected chi connectivity index (χ4v) is 1.97. The van der Waals surface area contributed by atoms with E-state index in [2.05, 4.69) is 18.2 Å². The smallest absolute Gasteiger partial charge is 0.309 e. The van der Waals surface area contributed by atoms with Gasteiger partial charge in [-0.1, -0.05) is 23.8 Å². The van der Waals surface area contributed by atoms with Gasteiger partial charge in [0.2, 0.25) is 0 Å². The van der Waals surface area contributed by atoms with E-state index in [4.69, 9.17) is 5.11 Å². The molecule has 15 heavy (non-hydrogen) atoms. The van der Waals surface area contributed by atoms with Gasteiger partial charge in [0.05, 0.1) is 5.41 Å². The van der Waals surface area contributed by atoms with E-state index in [1.807, 2.05) is 13.8 Å². The maximum Gasteiger partial charge on any atom is 0.309 e. The highest BCUT2D eigenvalue weighted by molar-refractivity contribution is 5.78. The minimum Gasteiger partial charge on any atom is -0.481 e. The molecule has 0 atom stereocenters. The molecule has 0 amide bonds. The van der Waals surface area contributed by atoms with Crippen LogP contribution in [0.15, 0.2) is 18.2 Å². The van der Waals surface area contributed by atoms with Gasteiger partial charge in [-0.05, 0) is 44.2 Å². The molecule has 0 aliphatic heterocycles. The molecule has 2 heteroatoms. The van der Waals surface area contributed by atoms with Gasteiger partial charge < -0.3 is 5.11 Å². The highest BCUT2D eigenvalue weighted by Gasteiger charge is 2.50. The molecule has 1 aliphatic rings. The third-order valence-electron chi connectivity index (χ3n) is 3.34. The quantitative estimate of drug-likeness (QED) is 0.822. The minimum absolute atomic E-state index is 0.446. The Morgan fingerprint density at radius 3 is 2.60 bits per heavy atom. The van der Waals surface area contributed by atoms with E-state index in [-0.39, 0.29) is 0 Å². The first kappa shape index (κ1) is 10.2. The summed E-state index contributed by atoms with van der Waals surface area (Å²) in [5.41, 5.74) is 3.15. The van der Waals surface area contributed by atoms with E-state index in [9.17, 15) is 4.79 Å². The van der Waals surface area contributed by atoms with Crippen LogP contribution in [0.1, 0.15) is 29.5 Å². The average molecular weight is 204 g/mol. The van der Waals surface area contributed by atoms with Crippen LogP contribution in [-0.2, 0) is 11.2 Å². The van der Waals surface area contributed by atoms with Gasteiger partial charge in [0.1, 0.15) is 0 Å². The van der Waals surface area contributed by atoms with E-state index in [0.717, 1.165) is 12.8 Å². The van der Waals surface area contributed by atoms with Gasteiger partial charge in [-0.2, -0.15) is 0 Å². The topological polar surface area (TPSA) is 37.3 Å². The van der Waals surface area contributed by atoms with E-state index < -0.39 is 11.4 Å².